The topological polar surface area (TPSA) is 64.5 Å². The molecule has 1 fully saturated rings. The zero-order valence-corrected chi connectivity index (χ0v) is 16.4. The van der Waals surface area contributed by atoms with Gasteiger partial charge in [-0.2, -0.15) is 0 Å². The Kier molecular flexibility index (Phi) is 5.94. The lowest BCUT2D eigenvalue weighted by Gasteiger charge is -2.34. The fourth-order valence-corrected chi connectivity index (χ4v) is 3.61. The number of anilines is 1. The minimum Gasteiger partial charge on any atom is -0.493 e. The Morgan fingerprint density at radius 2 is 2.00 bits per heavy atom. The molecule has 0 bridgehead atoms. The summed E-state index contributed by atoms with van der Waals surface area (Å²) < 4.78 is 10.6. The highest BCUT2D eigenvalue weighted by atomic mass is 16.5. The number of methoxy groups -OCH3 is 2. The van der Waals surface area contributed by atoms with Gasteiger partial charge in [-0.3, -0.25) is 4.79 Å². The Hall–Kier alpha value is -2.63. The summed E-state index contributed by atoms with van der Waals surface area (Å²) in [5.74, 6) is 2.57. The number of hydrogen-bond donors (Lipinski definition) is 0. The van der Waals surface area contributed by atoms with E-state index in [1.807, 2.05) is 12.3 Å². The smallest absolute Gasteiger partial charge is 0.167 e. The molecule has 1 aromatic carbocycles. The van der Waals surface area contributed by atoms with Crippen LogP contribution in [0.4, 0.5) is 5.82 Å². The minimum absolute atomic E-state index is 0.0631. The molecule has 3 rings (SSSR count). The number of nitrogens with zero attached hydrogens (tertiary/aromatic N) is 3. The third-order valence-corrected chi connectivity index (χ3v) is 5.10. The predicted octanol–water partition coefficient (Wildman–Crippen LogP) is 3.72. The predicted molar refractivity (Wildman–Crippen MR) is 105 cm³/mol. The van der Waals surface area contributed by atoms with Gasteiger partial charge in [0.05, 0.1) is 14.2 Å². The molecule has 6 nitrogen and oxygen atoms in total. The van der Waals surface area contributed by atoms with Gasteiger partial charge in [0.25, 0.3) is 0 Å². The third kappa shape index (κ3) is 4.04. The van der Waals surface area contributed by atoms with Gasteiger partial charge in [0.1, 0.15) is 12.1 Å². The first kappa shape index (κ1) is 19.1. The molecule has 6 heteroatoms. The lowest BCUT2D eigenvalue weighted by Crippen LogP contribution is -2.39. The van der Waals surface area contributed by atoms with E-state index < -0.39 is 0 Å². The van der Waals surface area contributed by atoms with Gasteiger partial charge >= 0.3 is 0 Å². The summed E-state index contributed by atoms with van der Waals surface area (Å²) in [6.07, 6.45) is 5.31. The number of ketones is 1. The van der Waals surface area contributed by atoms with Crippen LogP contribution in [-0.2, 0) is 0 Å². The molecule has 2 heterocycles. The molecule has 0 amide bonds. The molecule has 1 aromatic heterocycles. The van der Waals surface area contributed by atoms with E-state index in [1.165, 1.54) is 0 Å². The largest absolute Gasteiger partial charge is 0.493 e. The van der Waals surface area contributed by atoms with Crippen molar-refractivity contribution >= 4 is 11.6 Å². The van der Waals surface area contributed by atoms with Gasteiger partial charge in [-0.25, -0.2) is 9.97 Å². The number of carbonyl (C=O) groups excluding carboxylic acids is 1. The fourth-order valence-electron chi connectivity index (χ4n) is 3.61. The molecule has 144 valence electrons. The molecule has 0 unspecified atom stereocenters. The summed E-state index contributed by atoms with van der Waals surface area (Å²) in [5, 5.41) is 0. The molecule has 27 heavy (non-hydrogen) atoms. The first-order valence-corrected chi connectivity index (χ1v) is 9.36. The number of carbonyl (C=O) groups is 1. The van der Waals surface area contributed by atoms with E-state index in [0.717, 1.165) is 30.8 Å². The van der Waals surface area contributed by atoms with E-state index in [2.05, 4.69) is 28.7 Å². The lowest BCUT2D eigenvalue weighted by atomic mass is 9.89. The average molecular weight is 369 g/mol. The number of aromatic nitrogens is 2. The van der Waals surface area contributed by atoms with Crippen LogP contribution >= 0.6 is 0 Å². The van der Waals surface area contributed by atoms with Crippen molar-refractivity contribution in [1.82, 2.24) is 9.97 Å². The molecular weight excluding hydrogens is 342 g/mol. The van der Waals surface area contributed by atoms with Crippen LogP contribution in [0.1, 0.15) is 48.5 Å². The lowest BCUT2D eigenvalue weighted by molar-refractivity contribution is 0.0906. The summed E-state index contributed by atoms with van der Waals surface area (Å²) in [4.78, 5) is 24.0. The highest BCUT2D eigenvalue weighted by Crippen LogP contribution is 2.32. The van der Waals surface area contributed by atoms with Crippen molar-refractivity contribution in [3.8, 4) is 11.5 Å². The van der Waals surface area contributed by atoms with Crippen molar-refractivity contribution in [2.75, 3.05) is 32.2 Å². The maximum absolute atomic E-state index is 13.1. The highest BCUT2D eigenvalue weighted by Gasteiger charge is 2.29. The number of rotatable bonds is 6. The van der Waals surface area contributed by atoms with E-state index in [-0.39, 0.29) is 11.7 Å². The second-order valence-corrected chi connectivity index (χ2v) is 7.18. The number of Topliss-reactive ketones (excluding diaryl/α,β-unsaturated/α-hetero) is 1. The first-order valence-electron chi connectivity index (χ1n) is 9.36. The molecule has 1 aliphatic heterocycles. The molecule has 0 N–H and O–H groups in total. The molecule has 1 atom stereocenters. The van der Waals surface area contributed by atoms with Gasteiger partial charge in [0, 0.05) is 36.3 Å². The van der Waals surface area contributed by atoms with Gasteiger partial charge in [0.15, 0.2) is 17.3 Å². The molecule has 0 radical (unpaired) electrons. The van der Waals surface area contributed by atoms with Crippen molar-refractivity contribution in [2.24, 2.45) is 5.92 Å². The van der Waals surface area contributed by atoms with Crippen molar-refractivity contribution in [2.45, 2.75) is 32.6 Å². The van der Waals surface area contributed by atoms with Gasteiger partial charge in [-0.15, -0.1) is 0 Å². The van der Waals surface area contributed by atoms with Crippen molar-refractivity contribution < 1.29 is 14.3 Å². The number of piperidine rings is 1. The van der Waals surface area contributed by atoms with Gasteiger partial charge < -0.3 is 14.4 Å². The van der Waals surface area contributed by atoms with E-state index in [9.17, 15) is 4.79 Å². The Balaban J connectivity index is 1.81. The highest BCUT2D eigenvalue weighted by molar-refractivity contribution is 5.99. The minimum atomic E-state index is -0.0631. The SMILES string of the molecule is COc1ccc(C(=O)[C@H]2CCCN(c3ncncc3C(C)C)C2)cc1OC. The fraction of sp³-hybridized carbons (Fsp3) is 0.476. The first-order chi connectivity index (χ1) is 13.0. The molecular formula is C21H27N3O3. The van der Waals surface area contributed by atoms with Crippen LogP contribution in [-0.4, -0.2) is 43.1 Å². The summed E-state index contributed by atoms with van der Waals surface area (Å²) in [6.45, 7) is 5.85. The number of hydrogen-bond acceptors (Lipinski definition) is 6. The van der Waals surface area contributed by atoms with E-state index >= 15 is 0 Å². The van der Waals surface area contributed by atoms with E-state index in [0.29, 0.717) is 29.5 Å². The standard InChI is InChI=1S/C21H27N3O3/c1-14(2)17-11-22-13-23-21(17)24-9-5-6-16(12-24)20(25)15-7-8-18(26-3)19(10-15)27-4/h7-8,10-11,13-14,16H,5-6,9,12H2,1-4H3/t16-/m0/s1. The molecule has 0 saturated carbocycles. The Bertz CT molecular complexity index is 807. The summed E-state index contributed by atoms with van der Waals surface area (Å²) in [6, 6.07) is 5.37. The Morgan fingerprint density at radius 3 is 2.70 bits per heavy atom. The van der Waals surface area contributed by atoms with Gasteiger partial charge in [-0.05, 0) is 37.0 Å². The van der Waals surface area contributed by atoms with Crippen LogP contribution in [0.3, 0.4) is 0 Å². The second-order valence-electron chi connectivity index (χ2n) is 7.18. The quantitative estimate of drug-likeness (QED) is 0.723. The maximum Gasteiger partial charge on any atom is 0.167 e. The zero-order chi connectivity index (χ0) is 19.4. The van der Waals surface area contributed by atoms with Crippen LogP contribution in [0.5, 0.6) is 11.5 Å². The number of benzene rings is 1. The Morgan fingerprint density at radius 1 is 1.22 bits per heavy atom. The van der Waals surface area contributed by atoms with Crippen LogP contribution in [0.25, 0.3) is 0 Å². The third-order valence-electron chi connectivity index (χ3n) is 5.10. The van der Waals surface area contributed by atoms with Crippen LogP contribution < -0.4 is 14.4 Å². The average Bonchev–Trinajstić information content (AvgIpc) is 2.72. The zero-order valence-electron chi connectivity index (χ0n) is 16.4. The monoisotopic (exact) mass is 369 g/mol. The molecule has 1 saturated heterocycles. The van der Waals surface area contributed by atoms with Crippen molar-refractivity contribution in [3.05, 3.63) is 41.9 Å². The van der Waals surface area contributed by atoms with Crippen LogP contribution in [0, 0.1) is 5.92 Å². The molecule has 0 spiro atoms. The van der Waals surface area contributed by atoms with E-state index in [4.69, 9.17) is 9.47 Å². The van der Waals surface area contributed by atoms with Crippen LogP contribution in [0.15, 0.2) is 30.7 Å². The Labute approximate surface area is 160 Å². The van der Waals surface area contributed by atoms with Crippen LogP contribution in [0.2, 0.25) is 0 Å². The summed E-state index contributed by atoms with van der Waals surface area (Å²) in [5.41, 5.74) is 1.78. The number of ether oxygens (including phenoxy) is 2. The summed E-state index contributed by atoms with van der Waals surface area (Å²) >= 11 is 0. The van der Waals surface area contributed by atoms with Gasteiger partial charge in [0.2, 0.25) is 0 Å². The maximum atomic E-state index is 13.1. The molecule has 0 aliphatic carbocycles. The van der Waals surface area contributed by atoms with E-state index in [1.54, 1.807) is 32.7 Å². The van der Waals surface area contributed by atoms with Gasteiger partial charge in [-0.1, -0.05) is 13.8 Å². The van der Waals surface area contributed by atoms with Crippen molar-refractivity contribution in [3.63, 3.8) is 0 Å². The molecule has 1 aliphatic rings. The second kappa shape index (κ2) is 8.37. The summed E-state index contributed by atoms with van der Waals surface area (Å²) in [7, 11) is 3.17. The normalized spacial score (nSPS) is 17.1. The molecule has 2 aromatic rings. The van der Waals surface area contributed by atoms with Crippen molar-refractivity contribution in [1.29, 1.82) is 0 Å².